The van der Waals surface area contributed by atoms with Gasteiger partial charge in [-0.15, -0.1) is 0 Å². The van der Waals surface area contributed by atoms with Crippen molar-refractivity contribution in [3.63, 3.8) is 0 Å². The zero-order chi connectivity index (χ0) is 53.5. The van der Waals surface area contributed by atoms with E-state index in [9.17, 15) is 20.2 Å². The van der Waals surface area contributed by atoms with Crippen molar-refractivity contribution in [1.29, 1.82) is 0 Å². The minimum atomic E-state index is -2.24. The maximum atomic E-state index is 12.0. The molecule has 74 heavy (non-hydrogen) atoms. The first kappa shape index (κ1) is 49.8. The van der Waals surface area contributed by atoms with Gasteiger partial charge >= 0.3 is 0 Å². The molecular weight excluding hydrogens is 986 g/mol. The van der Waals surface area contributed by atoms with Crippen LogP contribution in [-0.4, -0.2) is 105 Å². The average Bonchev–Trinajstić information content (AvgIpc) is 3.99. The monoisotopic (exact) mass is 1050 g/mol. The Bertz CT molecular complexity index is 3520. The molecule has 8 aromatic rings. The van der Waals surface area contributed by atoms with Gasteiger partial charge in [0.15, 0.2) is 0 Å². The van der Waals surface area contributed by atoms with Crippen LogP contribution < -0.4 is 29.9 Å². The number of anilines is 6. The molecule has 0 bridgehead atoms. The summed E-state index contributed by atoms with van der Waals surface area (Å²) in [7, 11) is 5.05. The number of rotatable bonds is 15. The summed E-state index contributed by atoms with van der Waals surface area (Å²) in [6.45, 7) is 7.34. The van der Waals surface area contributed by atoms with Crippen LogP contribution >= 0.6 is 23.2 Å². The summed E-state index contributed by atoms with van der Waals surface area (Å²) in [6, 6.07) is 18.2. The third kappa shape index (κ3) is 10.8. The van der Waals surface area contributed by atoms with Crippen LogP contribution in [0, 0.1) is 34.1 Å². The molecule has 388 valence electrons. The Morgan fingerprint density at radius 1 is 0.703 bits per heavy atom. The Kier molecular flexibility index (Phi) is 15.2. The SMILES string of the molecule is C.C.CCCN(C)c1cc(C)c(Nc2ncc(Cl)c(-c3cn4c5c(cccc35)OCC4)n2)cc1[N+](=O)[O-].[2H]C([2H])([2H])N(C)CCN(C)c1cc(C)c(Nc2ncc(Cl)c(-c3cn4c5c(cccc35)OCC4)n2)cc1[N+](=O)[O-]. The molecule has 10 rings (SSSR count). The molecule has 0 fully saturated rings. The van der Waals surface area contributed by atoms with Crippen molar-refractivity contribution >= 4 is 91.0 Å². The summed E-state index contributed by atoms with van der Waals surface area (Å²) >= 11 is 13.1. The van der Waals surface area contributed by atoms with Gasteiger partial charge in [-0.1, -0.05) is 69.2 Å². The summed E-state index contributed by atoms with van der Waals surface area (Å²) in [6.07, 6.45) is 7.96. The molecular formula is C53H61Cl2N13O6. The van der Waals surface area contributed by atoms with Crippen molar-refractivity contribution in [2.45, 2.75) is 55.1 Å². The first-order chi connectivity index (χ1) is 35.8. The quantitative estimate of drug-likeness (QED) is 0.0725. The van der Waals surface area contributed by atoms with Crippen LogP contribution in [0.2, 0.25) is 10.0 Å². The van der Waals surface area contributed by atoms with E-state index in [2.05, 4.69) is 34.7 Å². The molecule has 0 amide bonds. The summed E-state index contributed by atoms with van der Waals surface area (Å²) < 4.78 is 38.4. The normalized spacial score (nSPS) is 13.0. The second kappa shape index (κ2) is 22.6. The lowest BCUT2D eigenvalue weighted by atomic mass is 10.1. The van der Waals surface area contributed by atoms with E-state index in [1.807, 2.05) is 87.6 Å². The number of hydrogen-bond donors (Lipinski definition) is 2. The fourth-order valence-electron chi connectivity index (χ4n) is 9.01. The maximum absolute atomic E-state index is 12.0. The molecule has 0 unspecified atom stereocenters. The van der Waals surface area contributed by atoms with E-state index in [4.69, 9.17) is 41.8 Å². The Labute approximate surface area is 444 Å². The van der Waals surface area contributed by atoms with E-state index in [-0.39, 0.29) is 50.2 Å². The average molecular weight is 1050 g/mol. The highest BCUT2D eigenvalue weighted by Crippen LogP contribution is 2.42. The van der Waals surface area contributed by atoms with Crippen molar-refractivity contribution in [2.75, 3.05) is 81.4 Å². The third-order valence-corrected chi connectivity index (χ3v) is 13.1. The van der Waals surface area contributed by atoms with Gasteiger partial charge in [-0.25, -0.2) is 19.9 Å². The zero-order valence-corrected chi connectivity index (χ0v) is 41.9. The number of nitrogens with one attached hydrogen (secondary N) is 2. The lowest BCUT2D eigenvalue weighted by molar-refractivity contribution is -0.384. The predicted molar refractivity (Wildman–Crippen MR) is 298 cm³/mol. The number of aryl methyl sites for hydroxylation is 2. The molecule has 0 aliphatic carbocycles. The third-order valence-electron chi connectivity index (χ3n) is 12.6. The summed E-state index contributed by atoms with van der Waals surface area (Å²) in [5.41, 5.74) is 8.26. The number of benzene rings is 4. The largest absolute Gasteiger partial charge is 0.490 e. The van der Waals surface area contributed by atoms with Gasteiger partial charge in [0, 0.05) is 84.3 Å². The Balaban J connectivity index is 0.000000220. The number of nitro benzene ring substituents is 2. The molecule has 4 aromatic carbocycles. The van der Waals surface area contributed by atoms with Crippen LogP contribution in [0.25, 0.3) is 44.3 Å². The molecule has 21 heteroatoms. The summed E-state index contributed by atoms with van der Waals surface area (Å²) in [5.74, 6) is 2.18. The Morgan fingerprint density at radius 2 is 1.15 bits per heavy atom. The number of likely N-dealkylation sites (N-methyl/N-ethyl adjacent to an activating group) is 2. The predicted octanol–water partition coefficient (Wildman–Crippen LogP) is 12.3. The van der Waals surface area contributed by atoms with Gasteiger partial charge in [-0.3, -0.25) is 20.2 Å². The van der Waals surface area contributed by atoms with E-state index >= 15 is 0 Å². The number of aromatic nitrogens is 6. The highest BCUT2D eigenvalue weighted by atomic mass is 35.5. The van der Waals surface area contributed by atoms with Crippen LogP contribution in [0.1, 0.15) is 43.4 Å². The van der Waals surface area contributed by atoms with Crippen LogP contribution in [0.5, 0.6) is 11.5 Å². The van der Waals surface area contributed by atoms with E-state index in [1.54, 1.807) is 24.2 Å². The van der Waals surface area contributed by atoms with Crippen molar-refractivity contribution in [2.24, 2.45) is 0 Å². The molecule has 19 nitrogen and oxygen atoms in total. The highest BCUT2D eigenvalue weighted by Gasteiger charge is 2.25. The fraction of sp³-hybridized carbons (Fsp3) is 0.321. The molecule has 0 spiro atoms. The van der Waals surface area contributed by atoms with Gasteiger partial charge in [0.25, 0.3) is 11.4 Å². The van der Waals surface area contributed by atoms with Crippen LogP contribution in [-0.2, 0) is 13.1 Å². The maximum Gasteiger partial charge on any atom is 0.294 e. The van der Waals surface area contributed by atoms with Gasteiger partial charge < -0.3 is 43.9 Å². The van der Waals surface area contributed by atoms with Crippen LogP contribution in [0.4, 0.5) is 46.0 Å². The molecule has 2 aliphatic rings. The number of nitrogens with zero attached hydrogens (tertiary/aromatic N) is 11. The minimum Gasteiger partial charge on any atom is -0.490 e. The summed E-state index contributed by atoms with van der Waals surface area (Å²) in [4.78, 5) is 45.8. The number of hydrogen-bond acceptors (Lipinski definition) is 15. The van der Waals surface area contributed by atoms with Crippen molar-refractivity contribution in [3.05, 3.63) is 127 Å². The minimum absolute atomic E-state index is 0. The highest BCUT2D eigenvalue weighted by molar-refractivity contribution is 6.33. The smallest absolute Gasteiger partial charge is 0.294 e. The Morgan fingerprint density at radius 3 is 1.57 bits per heavy atom. The molecule has 6 heterocycles. The van der Waals surface area contributed by atoms with Crippen LogP contribution in [0.15, 0.2) is 85.5 Å². The lowest BCUT2D eigenvalue weighted by Gasteiger charge is -2.22. The van der Waals surface area contributed by atoms with E-state index in [1.165, 1.54) is 30.3 Å². The molecule has 2 aliphatic heterocycles. The van der Waals surface area contributed by atoms with Gasteiger partial charge in [0.1, 0.15) is 36.1 Å². The topological polar surface area (TPSA) is 200 Å². The number of halogens is 2. The summed E-state index contributed by atoms with van der Waals surface area (Å²) in [5, 5.41) is 32.8. The van der Waals surface area contributed by atoms with Crippen LogP contribution in [0.3, 0.4) is 0 Å². The molecule has 2 N–H and O–H groups in total. The van der Waals surface area contributed by atoms with E-state index < -0.39 is 11.9 Å². The van der Waals surface area contributed by atoms with Crippen molar-refractivity contribution in [1.82, 2.24) is 34.0 Å². The van der Waals surface area contributed by atoms with Gasteiger partial charge in [-0.2, -0.15) is 0 Å². The fourth-order valence-corrected chi connectivity index (χ4v) is 9.39. The second-order valence-electron chi connectivity index (χ2n) is 17.6. The number of nitro groups is 2. The molecule has 4 aromatic heterocycles. The van der Waals surface area contributed by atoms with Crippen molar-refractivity contribution in [3.8, 4) is 34.0 Å². The standard InChI is InChI=1S/C26H28ClN7O3.C25H25ClN6O3.2CH4/c1-16-12-21(32(4)9-8-31(2)3)22(34(35)36)13-20(16)29-26-28-14-19(27)24(30-26)18-15-33-10-11-37-23-7-5-6-17(18)25(23)33;1-4-8-30(3)20-11-15(2)19(12-21(20)32(33)34)28-25-27-13-18(26)23(29-25)17-14-31-9-10-35-22-7-5-6-16(17)24(22)31;;/h5-7,12-15H,8-11H2,1-4H3,(H,28,29,30);5-7,11-14H,4,8-10H2,1-3H3,(H,27,28,29);2*1H4/i2D3;;;. The lowest BCUT2D eigenvalue weighted by Crippen LogP contribution is -2.29. The Hall–Kier alpha value is -7.74. The van der Waals surface area contributed by atoms with E-state index in [0.29, 0.717) is 69.9 Å². The van der Waals surface area contributed by atoms with Gasteiger partial charge in [0.2, 0.25) is 11.9 Å². The van der Waals surface area contributed by atoms with Gasteiger partial charge in [0.05, 0.1) is 79.2 Å². The molecule has 0 atom stereocenters. The zero-order valence-electron chi connectivity index (χ0n) is 43.4. The van der Waals surface area contributed by atoms with E-state index in [0.717, 1.165) is 75.1 Å². The second-order valence-corrected chi connectivity index (χ2v) is 18.4. The molecule has 0 saturated carbocycles. The molecule has 0 radical (unpaired) electrons. The number of para-hydroxylation sites is 2. The first-order valence-electron chi connectivity index (χ1n) is 24.6. The van der Waals surface area contributed by atoms with Crippen molar-refractivity contribution < 1.29 is 23.4 Å². The first-order valence-corrected chi connectivity index (χ1v) is 23.9. The van der Waals surface area contributed by atoms with Gasteiger partial charge in [-0.05, 0) is 69.7 Å². The number of ether oxygens (including phenoxy) is 2. The molecule has 0 saturated heterocycles.